The maximum atomic E-state index is 10.8. The summed E-state index contributed by atoms with van der Waals surface area (Å²) < 4.78 is 1.82. The minimum absolute atomic E-state index is 0.0209. The van der Waals surface area contributed by atoms with Gasteiger partial charge in [0.15, 0.2) is 0 Å². The summed E-state index contributed by atoms with van der Waals surface area (Å²) in [6.07, 6.45) is 1.83. The number of rotatable bonds is 3. The normalized spacial score (nSPS) is 10.7. The van der Waals surface area contributed by atoms with Gasteiger partial charge in [0, 0.05) is 5.39 Å². The maximum Gasteiger partial charge on any atom is 0.307 e. The highest BCUT2D eigenvalue weighted by Crippen LogP contribution is 2.18. The zero-order valence-corrected chi connectivity index (χ0v) is 10.2. The van der Waals surface area contributed by atoms with E-state index >= 15 is 0 Å². The summed E-state index contributed by atoms with van der Waals surface area (Å²) >= 11 is 0. The van der Waals surface area contributed by atoms with E-state index in [1.807, 2.05) is 53.2 Å². The van der Waals surface area contributed by atoms with Crippen molar-refractivity contribution in [3.05, 3.63) is 60.3 Å². The summed E-state index contributed by atoms with van der Waals surface area (Å²) in [5, 5.41) is 14.3. The molecule has 0 bridgehead atoms. The monoisotopic (exact) mass is 252 g/mol. The van der Waals surface area contributed by atoms with Crippen LogP contribution in [0, 0.1) is 0 Å². The van der Waals surface area contributed by atoms with Crippen LogP contribution in [0.15, 0.2) is 54.7 Å². The minimum atomic E-state index is -0.831. The highest BCUT2D eigenvalue weighted by molar-refractivity contribution is 5.80. The zero-order valence-electron chi connectivity index (χ0n) is 10.2. The van der Waals surface area contributed by atoms with E-state index in [-0.39, 0.29) is 6.42 Å². The number of carboxylic acid groups (broad SMARTS) is 1. The Bertz CT molecular complexity index is 746. The lowest BCUT2D eigenvalue weighted by molar-refractivity contribution is -0.136. The molecule has 94 valence electrons. The molecule has 0 saturated carbocycles. The van der Waals surface area contributed by atoms with Crippen LogP contribution in [-0.4, -0.2) is 20.9 Å². The second-order valence-electron chi connectivity index (χ2n) is 4.36. The predicted molar refractivity (Wildman–Crippen MR) is 72.4 cm³/mol. The summed E-state index contributed by atoms with van der Waals surface area (Å²) in [6.45, 7) is 0. The van der Waals surface area contributed by atoms with E-state index in [4.69, 9.17) is 5.11 Å². The Kier molecular flexibility index (Phi) is 2.76. The molecule has 19 heavy (non-hydrogen) atoms. The van der Waals surface area contributed by atoms with Crippen molar-refractivity contribution in [3.63, 3.8) is 0 Å². The molecule has 4 nitrogen and oxygen atoms in total. The van der Waals surface area contributed by atoms with E-state index in [1.165, 1.54) is 0 Å². The number of nitrogens with zero attached hydrogens (tertiary/aromatic N) is 2. The van der Waals surface area contributed by atoms with Crippen molar-refractivity contribution in [1.82, 2.24) is 9.78 Å². The Hall–Kier alpha value is -2.62. The number of benzene rings is 2. The van der Waals surface area contributed by atoms with Gasteiger partial charge in [0.1, 0.15) is 0 Å². The number of aliphatic carboxylic acids is 1. The first-order chi connectivity index (χ1) is 9.24. The van der Waals surface area contributed by atoms with Gasteiger partial charge < -0.3 is 5.11 Å². The molecular formula is C15H12N2O2. The Labute approximate surface area is 109 Å². The predicted octanol–water partition coefficient (Wildman–Crippen LogP) is 2.65. The van der Waals surface area contributed by atoms with E-state index in [2.05, 4.69) is 5.10 Å². The molecule has 2 aromatic carbocycles. The molecule has 4 heteroatoms. The summed E-state index contributed by atoms with van der Waals surface area (Å²) in [6, 6.07) is 15.4. The van der Waals surface area contributed by atoms with E-state index in [9.17, 15) is 4.79 Å². The maximum absolute atomic E-state index is 10.8. The van der Waals surface area contributed by atoms with Crippen molar-refractivity contribution in [3.8, 4) is 5.69 Å². The van der Waals surface area contributed by atoms with Crippen LogP contribution in [0.4, 0.5) is 0 Å². The Balaban J connectivity index is 2.09. The van der Waals surface area contributed by atoms with Crippen molar-refractivity contribution in [1.29, 1.82) is 0 Å². The second-order valence-corrected chi connectivity index (χ2v) is 4.36. The van der Waals surface area contributed by atoms with Crippen LogP contribution in [0.3, 0.4) is 0 Å². The highest BCUT2D eigenvalue weighted by atomic mass is 16.4. The van der Waals surface area contributed by atoms with Gasteiger partial charge in [-0.3, -0.25) is 4.79 Å². The minimum Gasteiger partial charge on any atom is -0.481 e. The van der Waals surface area contributed by atoms with Crippen LogP contribution < -0.4 is 0 Å². The Morgan fingerprint density at radius 1 is 1.16 bits per heavy atom. The fourth-order valence-electron chi connectivity index (χ4n) is 2.15. The third-order valence-corrected chi connectivity index (χ3v) is 2.99. The van der Waals surface area contributed by atoms with Crippen LogP contribution in [-0.2, 0) is 11.2 Å². The van der Waals surface area contributed by atoms with Gasteiger partial charge in [-0.15, -0.1) is 0 Å². The van der Waals surface area contributed by atoms with Gasteiger partial charge in [0.25, 0.3) is 0 Å². The van der Waals surface area contributed by atoms with E-state index in [0.29, 0.717) is 0 Å². The van der Waals surface area contributed by atoms with E-state index in [0.717, 1.165) is 22.2 Å². The molecule has 1 aromatic heterocycles. The quantitative estimate of drug-likeness (QED) is 0.779. The van der Waals surface area contributed by atoms with Gasteiger partial charge in [-0.2, -0.15) is 5.10 Å². The standard InChI is InChI=1S/C15H12N2O2/c18-15(19)9-11-4-3-6-13(8-11)17-14-7-2-1-5-12(14)10-16-17/h1-8,10H,9H2,(H,18,19). The molecule has 0 saturated heterocycles. The van der Waals surface area contributed by atoms with Gasteiger partial charge in [-0.25, -0.2) is 4.68 Å². The molecular weight excluding hydrogens is 240 g/mol. The van der Waals surface area contributed by atoms with Crippen LogP contribution in [0.25, 0.3) is 16.6 Å². The van der Waals surface area contributed by atoms with E-state index < -0.39 is 5.97 Å². The molecule has 0 fully saturated rings. The molecule has 0 amide bonds. The van der Waals surface area contributed by atoms with Crippen molar-refractivity contribution in [2.45, 2.75) is 6.42 Å². The van der Waals surface area contributed by atoms with Crippen molar-refractivity contribution < 1.29 is 9.90 Å². The van der Waals surface area contributed by atoms with Crippen LogP contribution in [0.5, 0.6) is 0 Å². The van der Waals surface area contributed by atoms with Crippen molar-refractivity contribution in [2.24, 2.45) is 0 Å². The fraction of sp³-hybridized carbons (Fsp3) is 0.0667. The van der Waals surface area contributed by atoms with Gasteiger partial charge >= 0.3 is 5.97 Å². The molecule has 0 spiro atoms. The van der Waals surface area contributed by atoms with Crippen LogP contribution >= 0.6 is 0 Å². The van der Waals surface area contributed by atoms with Crippen LogP contribution in [0.2, 0.25) is 0 Å². The molecule has 1 heterocycles. The summed E-state index contributed by atoms with van der Waals surface area (Å²) in [5.74, 6) is -0.831. The molecule has 3 aromatic rings. The lowest BCUT2D eigenvalue weighted by Crippen LogP contribution is -2.02. The lowest BCUT2D eigenvalue weighted by atomic mass is 10.1. The van der Waals surface area contributed by atoms with Crippen molar-refractivity contribution in [2.75, 3.05) is 0 Å². The highest BCUT2D eigenvalue weighted by Gasteiger charge is 2.06. The number of fused-ring (bicyclic) bond motifs is 1. The molecule has 0 aliphatic carbocycles. The first kappa shape index (κ1) is 11.5. The Morgan fingerprint density at radius 2 is 2.00 bits per heavy atom. The zero-order chi connectivity index (χ0) is 13.2. The van der Waals surface area contributed by atoms with Crippen molar-refractivity contribution >= 4 is 16.9 Å². The molecule has 0 unspecified atom stereocenters. The van der Waals surface area contributed by atoms with Gasteiger partial charge in [-0.1, -0.05) is 30.3 Å². The largest absolute Gasteiger partial charge is 0.481 e. The SMILES string of the molecule is O=C(O)Cc1cccc(-n2ncc3ccccc32)c1. The first-order valence-electron chi connectivity index (χ1n) is 5.98. The van der Waals surface area contributed by atoms with E-state index in [1.54, 1.807) is 6.20 Å². The summed E-state index contributed by atoms with van der Waals surface area (Å²) in [4.78, 5) is 10.8. The lowest BCUT2D eigenvalue weighted by Gasteiger charge is -2.05. The number of hydrogen-bond acceptors (Lipinski definition) is 2. The molecule has 0 aliphatic rings. The average molecular weight is 252 g/mol. The topological polar surface area (TPSA) is 55.1 Å². The number of carboxylic acids is 1. The van der Waals surface area contributed by atoms with Gasteiger partial charge in [0.2, 0.25) is 0 Å². The average Bonchev–Trinajstić information content (AvgIpc) is 2.82. The fourth-order valence-corrected chi connectivity index (χ4v) is 2.15. The number of carbonyl (C=O) groups is 1. The summed E-state index contributed by atoms with van der Waals surface area (Å²) in [7, 11) is 0. The molecule has 1 N–H and O–H groups in total. The summed E-state index contributed by atoms with van der Waals surface area (Å²) in [5.41, 5.74) is 2.65. The second kappa shape index (κ2) is 4.57. The number of para-hydroxylation sites is 1. The van der Waals surface area contributed by atoms with Gasteiger partial charge in [0.05, 0.1) is 23.8 Å². The number of aromatic nitrogens is 2. The third-order valence-electron chi connectivity index (χ3n) is 2.99. The van der Waals surface area contributed by atoms with Crippen LogP contribution in [0.1, 0.15) is 5.56 Å². The Morgan fingerprint density at radius 3 is 2.84 bits per heavy atom. The number of hydrogen-bond donors (Lipinski definition) is 1. The molecule has 3 rings (SSSR count). The molecule has 0 radical (unpaired) electrons. The first-order valence-corrected chi connectivity index (χ1v) is 5.98. The third kappa shape index (κ3) is 2.20. The smallest absolute Gasteiger partial charge is 0.307 e. The molecule has 0 aliphatic heterocycles. The molecule has 0 atom stereocenters. The van der Waals surface area contributed by atoms with Gasteiger partial charge in [-0.05, 0) is 23.8 Å².